The number of ether oxygens (including phenoxy) is 1. The molecular formula is C17H24N2O3. The summed E-state index contributed by atoms with van der Waals surface area (Å²) in [4.78, 5) is 26.0. The quantitative estimate of drug-likeness (QED) is 0.867. The molecular weight excluding hydrogens is 280 g/mol. The Morgan fingerprint density at radius 1 is 1.27 bits per heavy atom. The van der Waals surface area contributed by atoms with E-state index in [9.17, 15) is 9.59 Å². The first-order valence-corrected chi connectivity index (χ1v) is 7.68. The molecule has 0 saturated carbocycles. The molecule has 1 aliphatic heterocycles. The minimum absolute atomic E-state index is 0.0139. The minimum Gasteiger partial charge on any atom is -0.373 e. The number of ketones is 1. The van der Waals surface area contributed by atoms with Crippen LogP contribution >= 0.6 is 0 Å². The van der Waals surface area contributed by atoms with Gasteiger partial charge in [0, 0.05) is 24.3 Å². The highest BCUT2D eigenvalue weighted by atomic mass is 16.5. The van der Waals surface area contributed by atoms with Crippen molar-refractivity contribution in [2.24, 2.45) is 0 Å². The van der Waals surface area contributed by atoms with Crippen LogP contribution in [-0.4, -0.2) is 47.9 Å². The zero-order chi connectivity index (χ0) is 16.3. The van der Waals surface area contributed by atoms with E-state index >= 15 is 0 Å². The summed E-state index contributed by atoms with van der Waals surface area (Å²) < 4.78 is 5.70. The Bertz CT molecular complexity index is 549. The van der Waals surface area contributed by atoms with Gasteiger partial charge in [0.25, 0.3) is 0 Å². The van der Waals surface area contributed by atoms with Gasteiger partial charge in [-0.3, -0.25) is 14.5 Å². The number of nitrogens with one attached hydrogen (secondary N) is 1. The normalized spacial score (nSPS) is 23.8. The van der Waals surface area contributed by atoms with Gasteiger partial charge < -0.3 is 10.1 Å². The van der Waals surface area contributed by atoms with Gasteiger partial charge in [-0.15, -0.1) is 0 Å². The van der Waals surface area contributed by atoms with Crippen molar-refractivity contribution in [2.45, 2.75) is 45.9 Å². The largest absolute Gasteiger partial charge is 0.373 e. The third kappa shape index (κ3) is 4.15. The van der Waals surface area contributed by atoms with E-state index in [-0.39, 0.29) is 29.9 Å². The van der Waals surface area contributed by atoms with E-state index < -0.39 is 0 Å². The molecule has 0 aromatic heterocycles. The van der Waals surface area contributed by atoms with Crippen LogP contribution in [0.1, 0.15) is 38.1 Å². The zero-order valence-corrected chi connectivity index (χ0v) is 13.6. The highest BCUT2D eigenvalue weighted by molar-refractivity contribution is 5.98. The molecule has 2 rings (SSSR count). The zero-order valence-electron chi connectivity index (χ0n) is 13.6. The molecule has 1 aromatic carbocycles. The van der Waals surface area contributed by atoms with Gasteiger partial charge in [-0.05, 0) is 39.8 Å². The Balaban J connectivity index is 2.02. The maximum absolute atomic E-state index is 12.4. The van der Waals surface area contributed by atoms with Crippen LogP contribution < -0.4 is 5.32 Å². The predicted octanol–water partition coefficient (Wildman–Crippen LogP) is 2.33. The lowest BCUT2D eigenvalue weighted by atomic mass is 10.1. The van der Waals surface area contributed by atoms with Crippen LogP contribution in [0, 0.1) is 0 Å². The van der Waals surface area contributed by atoms with Gasteiger partial charge in [0.1, 0.15) is 0 Å². The first kappa shape index (κ1) is 16.6. The van der Waals surface area contributed by atoms with Gasteiger partial charge >= 0.3 is 0 Å². The van der Waals surface area contributed by atoms with E-state index in [0.29, 0.717) is 11.3 Å². The van der Waals surface area contributed by atoms with E-state index in [0.717, 1.165) is 13.1 Å². The molecule has 1 saturated heterocycles. The Labute approximate surface area is 131 Å². The Hall–Kier alpha value is -1.72. The van der Waals surface area contributed by atoms with Crippen LogP contribution in [0.3, 0.4) is 0 Å². The molecule has 0 bridgehead atoms. The molecule has 3 atom stereocenters. The van der Waals surface area contributed by atoms with E-state index in [2.05, 4.69) is 10.2 Å². The molecule has 0 aliphatic carbocycles. The molecule has 1 fully saturated rings. The summed E-state index contributed by atoms with van der Waals surface area (Å²) in [5, 5.41) is 2.89. The topological polar surface area (TPSA) is 58.6 Å². The number of nitrogens with zero attached hydrogens (tertiary/aromatic N) is 1. The molecule has 120 valence electrons. The second kappa shape index (κ2) is 7.03. The number of carbonyl (C=O) groups excluding carboxylic acids is 2. The van der Waals surface area contributed by atoms with Crippen LogP contribution in [0.2, 0.25) is 0 Å². The first-order valence-electron chi connectivity index (χ1n) is 7.68. The van der Waals surface area contributed by atoms with E-state index in [1.54, 1.807) is 24.3 Å². The maximum Gasteiger partial charge on any atom is 0.241 e. The van der Waals surface area contributed by atoms with Crippen LogP contribution in [0.25, 0.3) is 0 Å². The average Bonchev–Trinajstić information content (AvgIpc) is 2.45. The molecule has 1 aliphatic rings. The van der Waals surface area contributed by atoms with Gasteiger partial charge in [0.15, 0.2) is 5.78 Å². The molecule has 1 heterocycles. The number of hydrogen-bond donors (Lipinski definition) is 1. The lowest BCUT2D eigenvalue weighted by Gasteiger charge is -2.38. The lowest BCUT2D eigenvalue weighted by molar-refractivity contribution is -0.126. The number of Topliss-reactive ketones (excluding diaryl/α,β-unsaturated/α-hetero) is 1. The molecule has 0 radical (unpaired) electrons. The van der Waals surface area contributed by atoms with Crippen LogP contribution in [-0.2, 0) is 9.53 Å². The van der Waals surface area contributed by atoms with Crippen molar-refractivity contribution in [3.63, 3.8) is 0 Å². The van der Waals surface area contributed by atoms with Crippen LogP contribution in [0.15, 0.2) is 24.3 Å². The number of rotatable bonds is 4. The van der Waals surface area contributed by atoms with Gasteiger partial charge in [-0.25, -0.2) is 0 Å². The summed E-state index contributed by atoms with van der Waals surface area (Å²) in [6.07, 6.45) is 0.250. The fourth-order valence-corrected chi connectivity index (χ4v) is 2.76. The standard InChI is InChI=1S/C17H24N2O3/c1-11-9-19(10-12(2)22-11)13(3)17(21)18-16-7-5-6-15(8-16)14(4)20/h5-8,11-13H,9-10H2,1-4H3,(H,18,21)/t11-,12-,13+/m1/s1. The Morgan fingerprint density at radius 3 is 2.50 bits per heavy atom. The summed E-state index contributed by atoms with van der Waals surface area (Å²) in [5.74, 6) is -0.0815. The summed E-state index contributed by atoms with van der Waals surface area (Å²) >= 11 is 0. The molecule has 0 unspecified atom stereocenters. The molecule has 22 heavy (non-hydrogen) atoms. The minimum atomic E-state index is -0.241. The van der Waals surface area contributed by atoms with Crippen molar-refractivity contribution in [3.05, 3.63) is 29.8 Å². The smallest absolute Gasteiger partial charge is 0.241 e. The van der Waals surface area contributed by atoms with Gasteiger partial charge in [0.2, 0.25) is 5.91 Å². The van der Waals surface area contributed by atoms with Crippen molar-refractivity contribution < 1.29 is 14.3 Å². The van der Waals surface area contributed by atoms with Crippen LogP contribution in [0.4, 0.5) is 5.69 Å². The second-order valence-electron chi connectivity index (χ2n) is 6.01. The first-order chi connectivity index (χ1) is 10.4. The van der Waals surface area contributed by atoms with Gasteiger partial charge in [-0.1, -0.05) is 12.1 Å². The number of carbonyl (C=O) groups is 2. The second-order valence-corrected chi connectivity index (χ2v) is 6.01. The third-order valence-corrected chi connectivity index (χ3v) is 3.91. The van der Waals surface area contributed by atoms with Crippen molar-refractivity contribution in [1.29, 1.82) is 0 Å². The summed E-state index contributed by atoms with van der Waals surface area (Å²) in [6.45, 7) is 8.93. The van der Waals surface area contributed by atoms with E-state index in [1.807, 2.05) is 20.8 Å². The fraction of sp³-hybridized carbons (Fsp3) is 0.529. The number of anilines is 1. The highest BCUT2D eigenvalue weighted by Gasteiger charge is 2.29. The lowest BCUT2D eigenvalue weighted by Crippen LogP contribution is -2.52. The molecule has 5 heteroatoms. The molecule has 0 spiro atoms. The predicted molar refractivity (Wildman–Crippen MR) is 86.1 cm³/mol. The molecule has 1 aromatic rings. The fourth-order valence-electron chi connectivity index (χ4n) is 2.76. The maximum atomic E-state index is 12.4. The van der Waals surface area contributed by atoms with Crippen molar-refractivity contribution in [2.75, 3.05) is 18.4 Å². The highest BCUT2D eigenvalue weighted by Crippen LogP contribution is 2.16. The van der Waals surface area contributed by atoms with Crippen molar-refractivity contribution in [3.8, 4) is 0 Å². The SMILES string of the molecule is CC(=O)c1cccc(NC(=O)[C@H](C)N2C[C@@H](C)O[C@H](C)C2)c1. The number of hydrogen-bond acceptors (Lipinski definition) is 4. The monoisotopic (exact) mass is 304 g/mol. The van der Waals surface area contributed by atoms with Crippen molar-refractivity contribution >= 4 is 17.4 Å². The Kier molecular flexibility index (Phi) is 5.32. The summed E-state index contributed by atoms with van der Waals surface area (Å²) in [5.41, 5.74) is 1.25. The third-order valence-electron chi connectivity index (χ3n) is 3.91. The van der Waals surface area contributed by atoms with Crippen molar-refractivity contribution in [1.82, 2.24) is 4.90 Å². The van der Waals surface area contributed by atoms with E-state index in [4.69, 9.17) is 4.74 Å². The number of morpholine rings is 1. The molecule has 1 amide bonds. The number of amides is 1. The summed E-state index contributed by atoms with van der Waals surface area (Å²) in [6, 6.07) is 6.77. The van der Waals surface area contributed by atoms with Gasteiger partial charge in [-0.2, -0.15) is 0 Å². The number of benzene rings is 1. The van der Waals surface area contributed by atoms with Crippen LogP contribution in [0.5, 0.6) is 0 Å². The van der Waals surface area contributed by atoms with Gasteiger partial charge in [0.05, 0.1) is 18.2 Å². The summed E-state index contributed by atoms with van der Waals surface area (Å²) in [7, 11) is 0. The average molecular weight is 304 g/mol. The Morgan fingerprint density at radius 2 is 1.91 bits per heavy atom. The molecule has 1 N–H and O–H groups in total. The molecule has 5 nitrogen and oxygen atoms in total. The van der Waals surface area contributed by atoms with E-state index in [1.165, 1.54) is 6.92 Å².